The highest BCUT2D eigenvalue weighted by Crippen LogP contribution is 2.44. The lowest BCUT2D eigenvalue weighted by Gasteiger charge is -2.17. The van der Waals surface area contributed by atoms with Gasteiger partial charge >= 0.3 is 0 Å². The van der Waals surface area contributed by atoms with Crippen LogP contribution in [-0.2, 0) is 0 Å². The quantitative estimate of drug-likeness (QED) is 0.231. The Morgan fingerprint density at radius 1 is 0.867 bits per heavy atom. The molecule has 0 spiro atoms. The normalized spacial score (nSPS) is 11.5. The van der Waals surface area contributed by atoms with Crippen LogP contribution >= 0.6 is 24.4 Å². The lowest BCUT2D eigenvalue weighted by molar-refractivity contribution is 1.26. The van der Waals surface area contributed by atoms with Gasteiger partial charge in [0.25, 0.3) is 0 Å². The van der Waals surface area contributed by atoms with Crippen molar-refractivity contribution in [3.63, 3.8) is 0 Å². The SMILES string of the molecule is C=C(C)/C=C(Sc1c(S)cccc1-c1ccccc1)\C(=C/C)c1ccccc1.CC. The Balaban J connectivity index is 0.00000155. The van der Waals surface area contributed by atoms with E-state index in [0.717, 1.165) is 15.4 Å². The first-order valence-corrected chi connectivity index (χ1v) is 11.5. The van der Waals surface area contributed by atoms with Crippen molar-refractivity contribution in [2.75, 3.05) is 0 Å². The minimum absolute atomic E-state index is 0.975. The molecular formula is C28H30S2. The van der Waals surface area contributed by atoms with E-state index >= 15 is 0 Å². The lowest BCUT2D eigenvalue weighted by Crippen LogP contribution is -1.91. The van der Waals surface area contributed by atoms with E-state index in [1.807, 2.05) is 39.0 Å². The molecule has 0 aliphatic carbocycles. The van der Waals surface area contributed by atoms with Crippen LogP contribution in [0.25, 0.3) is 16.7 Å². The Hall–Kier alpha value is -2.42. The minimum atomic E-state index is 0.975. The maximum Gasteiger partial charge on any atom is 0.0334 e. The van der Waals surface area contributed by atoms with Crippen LogP contribution in [0.1, 0.15) is 33.3 Å². The fraction of sp³-hybridized carbons (Fsp3) is 0.143. The minimum Gasteiger partial charge on any atom is -0.142 e. The van der Waals surface area contributed by atoms with Crippen LogP contribution in [0.3, 0.4) is 0 Å². The molecule has 0 fully saturated rings. The van der Waals surface area contributed by atoms with Crippen molar-refractivity contribution in [2.45, 2.75) is 37.5 Å². The van der Waals surface area contributed by atoms with E-state index in [0.29, 0.717) is 0 Å². The van der Waals surface area contributed by atoms with Crippen molar-refractivity contribution in [1.29, 1.82) is 0 Å². The maximum atomic E-state index is 4.78. The third-order valence-corrected chi connectivity index (χ3v) is 6.03. The third-order valence-electron chi connectivity index (χ3n) is 4.31. The second-order valence-corrected chi connectivity index (χ2v) is 8.08. The topological polar surface area (TPSA) is 0 Å². The number of allylic oxidation sites excluding steroid dienone is 4. The summed E-state index contributed by atoms with van der Waals surface area (Å²) in [7, 11) is 0. The first-order valence-electron chi connectivity index (χ1n) is 10.2. The predicted octanol–water partition coefficient (Wildman–Crippen LogP) is 9.32. The van der Waals surface area contributed by atoms with Gasteiger partial charge in [-0.2, -0.15) is 0 Å². The monoisotopic (exact) mass is 430 g/mol. The Morgan fingerprint density at radius 2 is 1.47 bits per heavy atom. The second kappa shape index (κ2) is 12.3. The Bertz CT molecular complexity index is 1010. The number of hydrogen-bond donors (Lipinski definition) is 1. The Kier molecular flexibility index (Phi) is 9.79. The molecule has 0 bridgehead atoms. The number of thioether (sulfide) groups is 1. The summed E-state index contributed by atoms with van der Waals surface area (Å²) in [5, 5.41) is 0. The molecule has 0 amide bonds. The number of rotatable bonds is 6. The Labute approximate surface area is 191 Å². The summed E-state index contributed by atoms with van der Waals surface area (Å²) in [5.74, 6) is 0. The van der Waals surface area contributed by atoms with E-state index in [1.165, 1.54) is 27.2 Å². The molecule has 0 atom stereocenters. The van der Waals surface area contributed by atoms with Gasteiger partial charge in [-0.1, -0.05) is 117 Å². The molecule has 0 saturated carbocycles. The predicted molar refractivity (Wildman–Crippen MR) is 139 cm³/mol. The molecule has 3 aromatic rings. The number of hydrogen-bond acceptors (Lipinski definition) is 2. The molecule has 3 rings (SSSR count). The fourth-order valence-electron chi connectivity index (χ4n) is 3.04. The molecule has 0 aliphatic rings. The van der Waals surface area contributed by atoms with Gasteiger partial charge in [-0.25, -0.2) is 0 Å². The lowest BCUT2D eigenvalue weighted by atomic mass is 10.0. The van der Waals surface area contributed by atoms with E-state index in [4.69, 9.17) is 12.6 Å². The zero-order valence-corrected chi connectivity index (χ0v) is 19.9. The van der Waals surface area contributed by atoms with E-state index in [-0.39, 0.29) is 0 Å². The zero-order valence-electron chi connectivity index (χ0n) is 18.2. The first-order chi connectivity index (χ1) is 14.6. The van der Waals surface area contributed by atoms with Crippen LogP contribution in [0.2, 0.25) is 0 Å². The number of thiol groups is 1. The molecule has 0 aliphatic heterocycles. The van der Waals surface area contributed by atoms with Crippen molar-refractivity contribution in [3.8, 4) is 11.1 Å². The van der Waals surface area contributed by atoms with Gasteiger partial charge in [0.05, 0.1) is 0 Å². The molecule has 0 radical (unpaired) electrons. The van der Waals surface area contributed by atoms with E-state index in [2.05, 4.69) is 86.3 Å². The van der Waals surface area contributed by atoms with Crippen LogP contribution in [0.15, 0.2) is 118 Å². The first kappa shape index (κ1) is 23.9. The molecule has 3 aromatic carbocycles. The van der Waals surface area contributed by atoms with Crippen LogP contribution in [0, 0.1) is 0 Å². The molecular weight excluding hydrogens is 400 g/mol. The van der Waals surface area contributed by atoms with Gasteiger partial charge < -0.3 is 0 Å². The van der Waals surface area contributed by atoms with Gasteiger partial charge in [0.1, 0.15) is 0 Å². The molecule has 154 valence electrons. The summed E-state index contributed by atoms with van der Waals surface area (Å²) >= 11 is 6.53. The molecule has 0 saturated heterocycles. The van der Waals surface area contributed by atoms with Crippen LogP contribution in [0.4, 0.5) is 0 Å². The molecule has 0 N–H and O–H groups in total. The van der Waals surface area contributed by atoms with Gasteiger partial charge in [0, 0.05) is 14.7 Å². The van der Waals surface area contributed by atoms with Crippen LogP contribution in [-0.4, -0.2) is 0 Å². The van der Waals surface area contributed by atoms with Gasteiger partial charge in [-0.15, -0.1) is 12.6 Å². The average Bonchev–Trinajstić information content (AvgIpc) is 2.78. The number of benzene rings is 3. The van der Waals surface area contributed by atoms with Crippen LogP contribution < -0.4 is 0 Å². The summed E-state index contributed by atoms with van der Waals surface area (Å²) in [6.45, 7) is 12.2. The summed E-state index contributed by atoms with van der Waals surface area (Å²) in [4.78, 5) is 3.29. The van der Waals surface area contributed by atoms with E-state index in [9.17, 15) is 0 Å². The van der Waals surface area contributed by atoms with Gasteiger partial charge in [0.2, 0.25) is 0 Å². The maximum absolute atomic E-state index is 4.78. The average molecular weight is 431 g/mol. The highest BCUT2D eigenvalue weighted by atomic mass is 32.2. The van der Waals surface area contributed by atoms with Crippen LogP contribution in [0.5, 0.6) is 0 Å². The van der Waals surface area contributed by atoms with Gasteiger partial charge in [-0.3, -0.25) is 0 Å². The van der Waals surface area contributed by atoms with E-state index < -0.39 is 0 Å². The molecule has 0 heterocycles. The second-order valence-electron chi connectivity index (χ2n) is 6.55. The fourth-order valence-corrected chi connectivity index (χ4v) is 4.68. The molecule has 30 heavy (non-hydrogen) atoms. The van der Waals surface area contributed by atoms with Gasteiger partial charge in [0.15, 0.2) is 0 Å². The van der Waals surface area contributed by atoms with Crippen molar-refractivity contribution < 1.29 is 0 Å². The smallest absolute Gasteiger partial charge is 0.0334 e. The summed E-state index contributed by atoms with van der Waals surface area (Å²) in [6.07, 6.45) is 4.32. The molecule has 0 nitrogen and oxygen atoms in total. The highest BCUT2D eigenvalue weighted by Gasteiger charge is 2.15. The summed E-state index contributed by atoms with van der Waals surface area (Å²) < 4.78 is 0. The third kappa shape index (κ3) is 6.29. The van der Waals surface area contributed by atoms with Gasteiger partial charge in [-0.05, 0) is 48.3 Å². The largest absolute Gasteiger partial charge is 0.142 e. The van der Waals surface area contributed by atoms with Crippen molar-refractivity contribution >= 4 is 30.0 Å². The van der Waals surface area contributed by atoms with Crippen molar-refractivity contribution in [3.05, 3.63) is 114 Å². The molecule has 0 unspecified atom stereocenters. The van der Waals surface area contributed by atoms with E-state index in [1.54, 1.807) is 11.8 Å². The van der Waals surface area contributed by atoms with Crippen molar-refractivity contribution in [2.24, 2.45) is 0 Å². The Morgan fingerprint density at radius 3 is 2.03 bits per heavy atom. The summed E-state index contributed by atoms with van der Waals surface area (Å²) in [6, 6.07) is 27.2. The standard InChI is InChI=1S/C26H24S2.C2H6/c1-4-22(20-12-7-5-8-13-20)25(18-19(2)3)28-26-23(16-11-17-24(26)27)21-14-9-6-10-15-21;1-2/h4-18,27H,2H2,1,3H3;1-2H3/b22-4-,25-18+;. The summed E-state index contributed by atoms with van der Waals surface area (Å²) in [5.41, 5.74) is 5.80. The van der Waals surface area contributed by atoms with Crippen molar-refractivity contribution in [1.82, 2.24) is 0 Å². The molecule has 2 heteroatoms. The highest BCUT2D eigenvalue weighted by molar-refractivity contribution is 8.04. The zero-order chi connectivity index (χ0) is 21.9. The molecule has 0 aromatic heterocycles.